The van der Waals surface area contributed by atoms with E-state index in [1.807, 2.05) is 0 Å². The quantitative estimate of drug-likeness (QED) is 0.794. The van der Waals surface area contributed by atoms with Gasteiger partial charge in [0.2, 0.25) is 5.91 Å². The first-order valence-corrected chi connectivity index (χ1v) is 9.67. The zero-order chi connectivity index (χ0) is 19.7. The van der Waals surface area contributed by atoms with Gasteiger partial charge >= 0.3 is 5.97 Å². The number of hydrogen-bond donors (Lipinski definition) is 1. The van der Waals surface area contributed by atoms with Crippen LogP contribution in [0.2, 0.25) is 0 Å². The van der Waals surface area contributed by atoms with Gasteiger partial charge < -0.3 is 24.4 Å². The van der Waals surface area contributed by atoms with Gasteiger partial charge in [-0.3, -0.25) is 14.4 Å². The number of ether oxygens (including phenoxy) is 3. The number of amides is 2. The minimum atomic E-state index is -0.550. The molecule has 4 rings (SSSR count). The van der Waals surface area contributed by atoms with Gasteiger partial charge in [-0.2, -0.15) is 0 Å². The predicted molar refractivity (Wildman–Crippen MR) is 98.8 cm³/mol. The fourth-order valence-corrected chi connectivity index (χ4v) is 3.88. The number of nitrogens with zero attached hydrogens (tertiary/aromatic N) is 1. The molecule has 1 aliphatic carbocycles. The lowest BCUT2D eigenvalue weighted by atomic mass is 9.97. The Hall–Kier alpha value is -2.77. The summed E-state index contributed by atoms with van der Waals surface area (Å²) in [6.45, 7) is 0.126. The van der Waals surface area contributed by atoms with Crippen LogP contribution in [0.25, 0.3) is 0 Å². The number of fused-ring (bicyclic) bond motifs is 1. The molecule has 0 bridgehead atoms. The van der Waals surface area contributed by atoms with Crippen molar-refractivity contribution in [2.24, 2.45) is 5.92 Å². The summed E-state index contributed by atoms with van der Waals surface area (Å²) in [7, 11) is 1.71. The Morgan fingerprint density at radius 2 is 2.00 bits per heavy atom. The van der Waals surface area contributed by atoms with Crippen molar-refractivity contribution in [3.8, 4) is 11.5 Å². The topological polar surface area (TPSA) is 94.2 Å². The molecule has 1 spiro atoms. The minimum absolute atomic E-state index is 0.0851. The smallest absolute Gasteiger partial charge is 0.310 e. The molecule has 1 aromatic carbocycles. The zero-order valence-electron chi connectivity index (χ0n) is 15.9. The molecule has 8 heteroatoms. The highest BCUT2D eigenvalue weighted by molar-refractivity contribution is 5.93. The van der Waals surface area contributed by atoms with Crippen LogP contribution in [0.15, 0.2) is 18.2 Å². The van der Waals surface area contributed by atoms with Crippen LogP contribution < -0.4 is 14.8 Å². The van der Waals surface area contributed by atoms with Crippen molar-refractivity contribution in [1.82, 2.24) is 4.90 Å². The Morgan fingerprint density at radius 1 is 1.25 bits per heavy atom. The van der Waals surface area contributed by atoms with Crippen LogP contribution in [0, 0.1) is 5.92 Å². The first-order chi connectivity index (χ1) is 13.4. The molecule has 2 amide bonds. The molecular formula is C20H24N2O6. The number of anilines is 1. The van der Waals surface area contributed by atoms with Gasteiger partial charge in [-0.25, -0.2) is 0 Å². The van der Waals surface area contributed by atoms with Gasteiger partial charge in [0.1, 0.15) is 0 Å². The second kappa shape index (κ2) is 7.33. The largest absolute Gasteiger partial charge is 0.455 e. The fraction of sp³-hybridized carbons (Fsp3) is 0.550. The summed E-state index contributed by atoms with van der Waals surface area (Å²) in [6.07, 6.45) is 4.54. The molecule has 1 aromatic rings. The summed E-state index contributed by atoms with van der Waals surface area (Å²) in [5, 5.41) is 2.70. The van der Waals surface area contributed by atoms with Crippen molar-refractivity contribution in [3.63, 3.8) is 0 Å². The summed E-state index contributed by atoms with van der Waals surface area (Å²) in [4.78, 5) is 37.5. The lowest BCUT2D eigenvalue weighted by Gasteiger charge is -2.27. The number of likely N-dealkylation sites (tertiary alicyclic amines) is 1. The van der Waals surface area contributed by atoms with E-state index in [2.05, 4.69) is 5.32 Å². The van der Waals surface area contributed by atoms with Crippen LogP contribution in [0.5, 0.6) is 11.5 Å². The number of benzene rings is 1. The van der Waals surface area contributed by atoms with Crippen molar-refractivity contribution in [1.29, 1.82) is 0 Å². The van der Waals surface area contributed by atoms with Gasteiger partial charge in [0.05, 0.1) is 5.92 Å². The molecule has 2 heterocycles. The van der Waals surface area contributed by atoms with E-state index >= 15 is 0 Å². The molecule has 8 nitrogen and oxygen atoms in total. The van der Waals surface area contributed by atoms with E-state index in [4.69, 9.17) is 14.2 Å². The highest BCUT2D eigenvalue weighted by Crippen LogP contribution is 2.47. The lowest BCUT2D eigenvalue weighted by Crippen LogP contribution is -2.39. The van der Waals surface area contributed by atoms with Crippen molar-refractivity contribution in [2.45, 2.75) is 44.3 Å². The zero-order valence-corrected chi connectivity index (χ0v) is 15.9. The number of nitrogens with one attached hydrogen (secondary N) is 1. The van der Waals surface area contributed by atoms with E-state index < -0.39 is 30.2 Å². The normalized spacial score (nSPS) is 22.4. The van der Waals surface area contributed by atoms with Crippen molar-refractivity contribution < 1.29 is 28.6 Å². The number of esters is 1. The van der Waals surface area contributed by atoms with E-state index in [0.717, 1.165) is 25.7 Å². The SMILES string of the molecule is CN1CC[C@H](C(=O)OCC(=O)Nc2ccc3c(c2)OC2(CCCC2)O3)CC1=O. The van der Waals surface area contributed by atoms with Gasteiger partial charge in [0.15, 0.2) is 18.1 Å². The summed E-state index contributed by atoms with van der Waals surface area (Å²) < 4.78 is 17.0. The molecule has 1 N–H and O–H groups in total. The number of carbonyl (C=O) groups is 3. The molecular weight excluding hydrogens is 364 g/mol. The molecule has 1 atom stereocenters. The number of hydrogen-bond acceptors (Lipinski definition) is 6. The van der Waals surface area contributed by atoms with Crippen LogP contribution in [-0.4, -0.2) is 48.7 Å². The van der Waals surface area contributed by atoms with E-state index in [1.54, 1.807) is 30.1 Å². The van der Waals surface area contributed by atoms with Gasteiger partial charge in [0, 0.05) is 44.6 Å². The third-order valence-corrected chi connectivity index (χ3v) is 5.52. The van der Waals surface area contributed by atoms with Crippen LogP contribution >= 0.6 is 0 Å². The monoisotopic (exact) mass is 388 g/mol. The third kappa shape index (κ3) is 3.76. The molecule has 2 fully saturated rings. The Labute approximate surface area is 163 Å². The molecule has 28 heavy (non-hydrogen) atoms. The van der Waals surface area contributed by atoms with Gasteiger partial charge in [-0.05, 0) is 31.4 Å². The average Bonchev–Trinajstić information content (AvgIpc) is 3.27. The van der Waals surface area contributed by atoms with Crippen LogP contribution in [0.3, 0.4) is 0 Å². The molecule has 3 aliphatic rings. The summed E-state index contributed by atoms with van der Waals surface area (Å²) >= 11 is 0. The molecule has 1 saturated heterocycles. The van der Waals surface area contributed by atoms with Gasteiger partial charge in [-0.15, -0.1) is 0 Å². The maximum absolute atomic E-state index is 12.1. The molecule has 0 unspecified atom stereocenters. The maximum Gasteiger partial charge on any atom is 0.310 e. The predicted octanol–water partition coefficient (Wildman–Crippen LogP) is 2.08. The molecule has 0 aromatic heterocycles. The first-order valence-electron chi connectivity index (χ1n) is 9.67. The van der Waals surface area contributed by atoms with E-state index in [9.17, 15) is 14.4 Å². The Kier molecular flexibility index (Phi) is 4.87. The summed E-state index contributed by atoms with van der Waals surface area (Å²) in [5.74, 6) is -0.776. The van der Waals surface area contributed by atoms with Gasteiger partial charge in [-0.1, -0.05) is 0 Å². The van der Waals surface area contributed by atoms with Crippen molar-refractivity contribution >= 4 is 23.5 Å². The van der Waals surface area contributed by atoms with Crippen LogP contribution in [-0.2, 0) is 19.1 Å². The van der Waals surface area contributed by atoms with E-state index in [0.29, 0.717) is 30.2 Å². The summed E-state index contributed by atoms with van der Waals surface area (Å²) in [5.41, 5.74) is 0.549. The number of piperidine rings is 1. The molecule has 150 valence electrons. The van der Waals surface area contributed by atoms with Crippen LogP contribution in [0.1, 0.15) is 38.5 Å². The van der Waals surface area contributed by atoms with Crippen LogP contribution in [0.4, 0.5) is 5.69 Å². The molecule has 0 radical (unpaired) electrons. The second-order valence-electron chi connectivity index (χ2n) is 7.64. The Balaban J connectivity index is 1.28. The Morgan fingerprint density at radius 3 is 2.75 bits per heavy atom. The first kappa shape index (κ1) is 18.6. The number of rotatable bonds is 4. The fourth-order valence-electron chi connectivity index (χ4n) is 3.88. The van der Waals surface area contributed by atoms with Crippen molar-refractivity contribution in [2.75, 3.05) is 25.5 Å². The molecule has 2 aliphatic heterocycles. The lowest BCUT2D eigenvalue weighted by molar-refractivity contribution is -0.155. The second-order valence-corrected chi connectivity index (χ2v) is 7.64. The average molecular weight is 388 g/mol. The van der Waals surface area contributed by atoms with E-state index in [1.165, 1.54) is 0 Å². The van der Waals surface area contributed by atoms with E-state index in [-0.39, 0.29) is 12.3 Å². The minimum Gasteiger partial charge on any atom is -0.455 e. The van der Waals surface area contributed by atoms with Gasteiger partial charge in [0.25, 0.3) is 11.7 Å². The highest BCUT2D eigenvalue weighted by Gasteiger charge is 2.44. The molecule has 1 saturated carbocycles. The Bertz CT molecular complexity index is 802. The highest BCUT2D eigenvalue weighted by atomic mass is 16.7. The maximum atomic E-state index is 12.1. The third-order valence-electron chi connectivity index (χ3n) is 5.52. The number of carbonyl (C=O) groups excluding carboxylic acids is 3. The van der Waals surface area contributed by atoms with Crippen molar-refractivity contribution in [3.05, 3.63) is 18.2 Å². The standard InChI is InChI=1S/C20H24N2O6/c1-22-9-6-13(10-18(22)24)19(25)26-12-17(23)21-14-4-5-15-16(11-14)28-20(27-15)7-2-3-8-20/h4-5,11,13H,2-3,6-10,12H2,1H3,(H,21,23)/t13-/m0/s1. The summed E-state index contributed by atoms with van der Waals surface area (Å²) in [6, 6.07) is 5.22.